The Morgan fingerprint density at radius 1 is 1.14 bits per heavy atom. The molecule has 2 aliphatic heterocycles. The minimum atomic E-state index is 0.134. The SMILES string of the molecule is CC(C)CCN1CCC(c2nc(C(=O)N3CCCC4CCCC=C43)cs2)CC1. The highest BCUT2D eigenvalue weighted by atomic mass is 32.1. The average Bonchev–Trinajstić information content (AvgIpc) is 3.22. The number of fused-ring (bicyclic) bond motifs is 1. The van der Waals surface area contributed by atoms with Gasteiger partial charge in [-0.1, -0.05) is 19.9 Å². The Hall–Kier alpha value is -1.20. The van der Waals surface area contributed by atoms with Gasteiger partial charge >= 0.3 is 0 Å². The third-order valence-electron chi connectivity index (χ3n) is 6.72. The molecule has 0 radical (unpaired) electrons. The smallest absolute Gasteiger partial charge is 0.277 e. The van der Waals surface area contributed by atoms with Crippen molar-refractivity contribution in [2.75, 3.05) is 26.2 Å². The van der Waals surface area contributed by atoms with Crippen molar-refractivity contribution in [3.63, 3.8) is 0 Å². The van der Waals surface area contributed by atoms with Crippen molar-refractivity contribution in [2.45, 2.75) is 71.1 Å². The van der Waals surface area contributed by atoms with E-state index < -0.39 is 0 Å². The summed E-state index contributed by atoms with van der Waals surface area (Å²) in [6.45, 7) is 9.02. The number of allylic oxidation sites excluding steroid dienone is 2. The predicted octanol–water partition coefficient (Wildman–Crippen LogP) is 5.29. The van der Waals surface area contributed by atoms with Crippen LogP contribution in [0.4, 0.5) is 0 Å². The van der Waals surface area contributed by atoms with Gasteiger partial charge in [-0.25, -0.2) is 4.98 Å². The fourth-order valence-corrected chi connectivity index (χ4v) is 5.92. The molecule has 0 saturated carbocycles. The van der Waals surface area contributed by atoms with Crippen molar-refractivity contribution < 1.29 is 4.79 Å². The van der Waals surface area contributed by atoms with E-state index in [0.717, 1.165) is 25.3 Å². The van der Waals surface area contributed by atoms with Crippen LogP contribution in [0.15, 0.2) is 17.2 Å². The zero-order valence-electron chi connectivity index (χ0n) is 17.5. The topological polar surface area (TPSA) is 36.4 Å². The molecule has 3 heterocycles. The molecule has 2 fully saturated rings. The van der Waals surface area contributed by atoms with Gasteiger partial charge in [-0.3, -0.25) is 4.79 Å². The first kappa shape index (κ1) is 20.1. The molecule has 154 valence electrons. The van der Waals surface area contributed by atoms with E-state index in [2.05, 4.69) is 24.8 Å². The summed E-state index contributed by atoms with van der Waals surface area (Å²) < 4.78 is 0. The quantitative estimate of drug-likeness (QED) is 0.673. The summed E-state index contributed by atoms with van der Waals surface area (Å²) in [5.74, 6) is 2.04. The van der Waals surface area contributed by atoms with Crippen molar-refractivity contribution in [1.82, 2.24) is 14.8 Å². The van der Waals surface area contributed by atoms with Gasteiger partial charge in [-0.05, 0) is 82.8 Å². The molecule has 1 unspecified atom stereocenters. The second-order valence-corrected chi connectivity index (χ2v) is 10.1. The lowest BCUT2D eigenvalue weighted by Crippen LogP contribution is -2.39. The number of amides is 1. The molecule has 5 heteroatoms. The van der Waals surface area contributed by atoms with E-state index in [1.165, 1.54) is 68.9 Å². The largest absolute Gasteiger partial charge is 0.311 e. The third-order valence-corrected chi connectivity index (χ3v) is 7.73. The Bertz CT molecular complexity index is 702. The zero-order chi connectivity index (χ0) is 19.5. The van der Waals surface area contributed by atoms with Crippen LogP contribution >= 0.6 is 11.3 Å². The number of hydrogen-bond donors (Lipinski definition) is 0. The lowest BCUT2D eigenvalue weighted by molar-refractivity contribution is 0.0743. The monoisotopic (exact) mass is 401 g/mol. The van der Waals surface area contributed by atoms with Gasteiger partial charge in [-0.15, -0.1) is 11.3 Å². The normalized spacial score (nSPS) is 24.3. The maximum atomic E-state index is 13.2. The van der Waals surface area contributed by atoms with Gasteiger partial charge in [0.15, 0.2) is 0 Å². The first-order valence-corrected chi connectivity index (χ1v) is 12.2. The van der Waals surface area contributed by atoms with E-state index in [1.54, 1.807) is 11.3 Å². The minimum absolute atomic E-state index is 0.134. The van der Waals surface area contributed by atoms with Crippen LogP contribution in [0.5, 0.6) is 0 Å². The van der Waals surface area contributed by atoms with Crippen LogP contribution < -0.4 is 0 Å². The second-order valence-electron chi connectivity index (χ2n) is 9.23. The van der Waals surface area contributed by atoms with Gasteiger partial charge in [0.2, 0.25) is 0 Å². The summed E-state index contributed by atoms with van der Waals surface area (Å²) in [6, 6.07) is 0. The minimum Gasteiger partial charge on any atom is -0.311 e. The second kappa shape index (κ2) is 9.08. The van der Waals surface area contributed by atoms with Gasteiger partial charge in [-0.2, -0.15) is 0 Å². The van der Waals surface area contributed by atoms with E-state index in [0.29, 0.717) is 17.5 Å². The van der Waals surface area contributed by atoms with E-state index in [1.807, 2.05) is 10.3 Å². The molecule has 1 aliphatic carbocycles. The van der Waals surface area contributed by atoms with E-state index in [-0.39, 0.29) is 5.91 Å². The molecular weight excluding hydrogens is 366 g/mol. The number of aromatic nitrogens is 1. The summed E-state index contributed by atoms with van der Waals surface area (Å²) in [7, 11) is 0. The van der Waals surface area contributed by atoms with Crippen molar-refractivity contribution in [3.8, 4) is 0 Å². The molecule has 0 bridgehead atoms. The molecule has 4 nitrogen and oxygen atoms in total. The van der Waals surface area contributed by atoms with Gasteiger partial charge in [0.25, 0.3) is 5.91 Å². The number of piperidine rings is 2. The molecular formula is C23H35N3OS. The van der Waals surface area contributed by atoms with Gasteiger partial charge in [0.1, 0.15) is 5.69 Å². The zero-order valence-corrected chi connectivity index (χ0v) is 18.3. The lowest BCUT2D eigenvalue weighted by atomic mass is 9.85. The van der Waals surface area contributed by atoms with E-state index in [9.17, 15) is 4.79 Å². The first-order valence-electron chi connectivity index (χ1n) is 11.3. The number of thiazole rings is 1. The van der Waals surface area contributed by atoms with E-state index in [4.69, 9.17) is 4.98 Å². The highest BCUT2D eigenvalue weighted by molar-refractivity contribution is 7.09. The van der Waals surface area contributed by atoms with E-state index >= 15 is 0 Å². The summed E-state index contributed by atoms with van der Waals surface area (Å²) in [4.78, 5) is 22.6. The highest BCUT2D eigenvalue weighted by Gasteiger charge is 2.32. The van der Waals surface area contributed by atoms with Gasteiger partial charge in [0, 0.05) is 23.5 Å². The molecule has 1 aromatic heterocycles. The van der Waals surface area contributed by atoms with Crippen molar-refractivity contribution in [1.29, 1.82) is 0 Å². The molecule has 0 spiro atoms. The summed E-state index contributed by atoms with van der Waals surface area (Å²) in [6.07, 6.45) is 11.9. The van der Waals surface area contributed by atoms with Crippen LogP contribution in [0.3, 0.4) is 0 Å². The molecule has 4 rings (SSSR count). The molecule has 3 aliphatic rings. The standard InChI is InChI=1S/C23H35N3OS/c1-17(2)9-13-25-14-10-19(11-15-25)22-24-20(16-28-22)23(27)26-12-5-7-18-6-3-4-8-21(18)26/h8,16-19H,3-7,9-15H2,1-2H3. The van der Waals surface area contributed by atoms with Crippen molar-refractivity contribution in [3.05, 3.63) is 27.9 Å². The summed E-state index contributed by atoms with van der Waals surface area (Å²) in [5, 5.41) is 3.19. The van der Waals surface area contributed by atoms with Crippen LogP contribution in [0.1, 0.15) is 86.6 Å². The third kappa shape index (κ3) is 4.51. The molecule has 2 saturated heterocycles. The lowest BCUT2D eigenvalue weighted by Gasteiger charge is -2.37. The molecule has 1 aromatic rings. The molecule has 0 aromatic carbocycles. The van der Waals surface area contributed by atoms with Crippen molar-refractivity contribution in [2.24, 2.45) is 11.8 Å². The maximum Gasteiger partial charge on any atom is 0.277 e. The number of carbonyl (C=O) groups excluding carboxylic acids is 1. The molecule has 28 heavy (non-hydrogen) atoms. The Balaban J connectivity index is 1.37. The predicted molar refractivity (Wildman–Crippen MR) is 116 cm³/mol. The van der Waals surface area contributed by atoms with Crippen molar-refractivity contribution >= 4 is 17.2 Å². The Morgan fingerprint density at radius 3 is 2.71 bits per heavy atom. The molecule has 1 amide bonds. The van der Waals surface area contributed by atoms with Gasteiger partial charge in [0.05, 0.1) is 5.01 Å². The summed E-state index contributed by atoms with van der Waals surface area (Å²) >= 11 is 1.70. The number of hydrogen-bond acceptors (Lipinski definition) is 4. The van der Waals surface area contributed by atoms with Crippen LogP contribution in [0.25, 0.3) is 0 Å². The fraction of sp³-hybridized carbons (Fsp3) is 0.739. The number of nitrogens with zero attached hydrogens (tertiary/aromatic N) is 3. The fourth-order valence-electron chi connectivity index (χ4n) is 4.95. The first-order chi connectivity index (χ1) is 13.6. The van der Waals surface area contributed by atoms with Crippen LogP contribution in [-0.2, 0) is 0 Å². The van der Waals surface area contributed by atoms with Crippen LogP contribution in [-0.4, -0.2) is 46.9 Å². The Labute approximate surface area is 174 Å². The van der Waals surface area contributed by atoms with Gasteiger partial charge < -0.3 is 9.80 Å². The highest BCUT2D eigenvalue weighted by Crippen LogP contribution is 2.36. The summed E-state index contributed by atoms with van der Waals surface area (Å²) in [5.41, 5.74) is 1.96. The number of likely N-dealkylation sites (tertiary alicyclic amines) is 2. The molecule has 1 atom stereocenters. The Kier molecular flexibility index (Phi) is 6.52. The van der Waals surface area contributed by atoms with Crippen LogP contribution in [0, 0.1) is 11.8 Å². The molecule has 0 N–H and O–H groups in total. The number of rotatable bonds is 5. The number of carbonyl (C=O) groups is 1. The Morgan fingerprint density at radius 2 is 1.93 bits per heavy atom. The van der Waals surface area contributed by atoms with Crippen LogP contribution in [0.2, 0.25) is 0 Å². The average molecular weight is 402 g/mol. The maximum absolute atomic E-state index is 13.2.